The fraction of sp³-hybridized carbons (Fsp3) is 0.412. The second-order valence-electron chi connectivity index (χ2n) is 6.04. The molecule has 1 aliphatic rings. The highest BCUT2D eigenvalue weighted by Crippen LogP contribution is 2.22. The van der Waals surface area contributed by atoms with Crippen LogP contribution in [0.1, 0.15) is 28.9 Å². The number of carbonyl (C=O) groups is 1. The van der Waals surface area contributed by atoms with Crippen LogP contribution >= 0.6 is 0 Å². The normalized spacial score (nSPS) is 16.6. The topological polar surface area (TPSA) is 61.0 Å². The minimum absolute atomic E-state index is 0.0116. The molecule has 2 heterocycles. The van der Waals surface area contributed by atoms with Gasteiger partial charge in [-0.25, -0.2) is 0 Å². The van der Waals surface area contributed by atoms with Crippen LogP contribution in [0.3, 0.4) is 0 Å². The van der Waals surface area contributed by atoms with Crippen LogP contribution < -0.4 is 5.32 Å². The minimum Gasteiger partial charge on any atom is -0.349 e. The summed E-state index contributed by atoms with van der Waals surface area (Å²) < 4.78 is 0. The Balaban J connectivity index is 1.72. The van der Waals surface area contributed by atoms with Crippen LogP contribution in [0.5, 0.6) is 0 Å². The average molecular weight is 298 g/mol. The number of nitrogens with zero attached hydrogens (tertiary/aromatic N) is 2. The number of aromatic amines is 1. The molecule has 2 N–H and O–H groups in total. The smallest absolute Gasteiger partial charge is 0.251 e. The maximum atomic E-state index is 12.5. The molecular weight excluding hydrogens is 276 g/mol. The average Bonchev–Trinajstić information content (AvgIpc) is 2.96. The first-order valence-electron chi connectivity index (χ1n) is 7.73. The van der Waals surface area contributed by atoms with Crippen LogP contribution in [0.4, 0.5) is 0 Å². The van der Waals surface area contributed by atoms with Crippen LogP contribution in [-0.4, -0.2) is 47.2 Å². The number of H-pyrrole nitrogens is 1. The highest BCUT2D eigenvalue weighted by molar-refractivity contribution is 5.95. The minimum atomic E-state index is 0.0116. The number of rotatable bonds is 3. The summed E-state index contributed by atoms with van der Waals surface area (Å²) in [5.41, 5.74) is 3.76. The van der Waals surface area contributed by atoms with Gasteiger partial charge in [-0.15, -0.1) is 0 Å². The van der Waals surface area contributed by atoms with Crippen molar-refractivity contribution >= 4 is 5.91 Å². The molecule has 5 nitrogen and oxygen atoms in total. The molecule has 1 aromatic carbocycles. The van der Waals surface area contributed by atoms with E-state index in [-0.39, 0.29) is 11.9 Å². The van der Waals surface area contributed by atoms with Crippen LogP contribution in [0.25, 0.3) is 11.1 Å². The number of hydrogen-bond acceptors (Lipinski definition) is 3. The molecule has 1 amide bonds. The molecule has 1 saturated heterocycles. The van der Waals surface area contributed by atoms with Gasteiger partial charge in [0.1, 0.15) is 0 Å². The van der Waals surface area contributed by atoms with Gasteiger partial charge < -0.3 is 10.2 Å². The van der Waals surface area contributed by atoms with Gasteiger partial charge in [0.05, 0.1) is 6.20 Å². The molecule has 0 saturated carbocycles. The molecule has 0 spiro atoms. The highest BCUT2D eigenvalue weighted by atomic mass is 16.1. The summed E-state index contributed by atoms with van der Waals surface area (Å²) in [5.74, 6) is 0.0116. The van der Waals surface area contributed by atoms with Crippen LogP contribution in [0.2, 0.25) is 0 Å². The van der Waals surface area contributed by atoms with Gasteiger partial charge in [0.25, 0.3) is 5.91 Å². The first-order valence-corrected chi connectivity index (χ1v) is 7.73. The highest BCUT2D eigenvalue weighted by Gasteiger charge is 2.19. The van der Waals surface area contributed by atoms with E-state index < -0.39 is 0 Å². The SMILES string of the molecule is Cc1[nH]ncc1-c1cccc(C(=O)NC2CCN(C)CC2)c1. The van der Waals surface area contributed by atoms with Crippen LogP contribution in [-0.2, 0) is 0 Å². The van der Waals surface area contributed by atoms with E-state index >= 15 is 0 Å². The standard InChI is InChI=1S/C17H22N4O/c1-12-16(11-18-20-12)13-4-3-5-14(10-13)17(22)19-15-6-8-21(2)9-7-15/h3-5,10-11,15H,6-9H2,1-2H3,(H,18,20)(H,19,22). The molecule has 0 atom stereocenters. The molecule has 3 rings (SSSR count). The zero-order chi connectivity index (χ0) is 15.5. The molecule has 0 bridgehead atoms. The summed E-state index contributed by atoms with van der Waals surface area (Å²) in [6.07, 6.45) is 3.83. The molecular formula is C17H22N4O. The molecule has 5 heteroatoms. The largest absolute Gasteiger partial charge is 0.349 e. The lowest BCUT2D eigenvalue weighted by molar-refractivity contribution is 0.0917. The number of likely N-dealkylation sites (tertiary alicyclic amines) is 1. The van der Waals surface area contributed by atoms with Crippen LogP contribution in [0, 0.1) is 6.92 Å². The molecule has 0 aliphatic carbocycles. The van der Waals surface area contributed by atoms with Gasteiger partial charge in [-0.05, 0) is 57.6 Å². The second kappa shape index (κ2) is 6.32. The van der Waals surface area contributed by atoms with E-state index in [9.17, 15) is 4.79 Å². The Morgan fingerprint density at radius 3 is 2.82 bits per heavy atom. The molecule has 22 heavy (non-hydrogen) atoms. The van der Waals surface area contributed by atoms with Gasteiger partial charge in [0, 0.05) is 22.9 Å². The fourth-order valence-electron chi connectivity index (χ4n) is 2.89. The molecule has 1 aliphatic heterocycles. The Morgan fingerprint density at radius 1 is 1.36 bits per heavy atom. The van der Waals surface area contributed by atoms with E-state index in [0.717, 1.165) is 42.8 Å². The maximum absolute atomic E-state index is 12.5. The zero-order valence-corrected chi connectivity index (χ0v) is 13.1. The second-order valence-corrected chi connectivity index (χ2v) is 6.04. The van der Waals surface area contributed by atoms with E-state index in [4.69, 9.17) is 0 Å². The predicted octanol–water partition coefficient (Wildman–Crippen LogP) is 2.21. The number of carbonyl (C=O) groups excluding carboxylic acids is 1. The Hall–Kier alpha value is -2.14. The van der Waals surface area contributed by atoms with E-state index in [0.29, 0.717) is 5.56 Å². The molecule has 1 aromatic heterocycles. The number of hydrogen-bond donors (Lipinski definition) is 2. The van der Waals surface area contributed by atoms with Gasteiger partial charge >= 0.3 is 0 Å². The van der Waals surface area contributed by atoms with E-state index in [2.05, 4.69) is 27.5 Å². The number of aryl methyl sites for hydroxylation is 1. The number of amides is 1. The third-order valence-electron chi connectivity index (χ3n) is 4.32. The zero-order valence-electron chi connectivity index (χ0n) is 13.1. The Kier molecular flexibility index (Phi) is 4.24. The van der Waals surface area contributed by atoms with Crippen molar-refractivity contribution in [3.05, 3.63) is 41.7 Å². The summed E-state index contributed by atoms with van der Waals surface area (Å²) in [7, 11) is 2.12. The van der Waals surface area contributed by atoms with Crippen LogP contribution in [0.15, 0.2) is 30.5 Å². The number of nitrogens with one attached hydrogen (secondary N) is 2. The molecule has 0 unspecified atom stereocenters. The van der Waals surface area contributed by atoms with Crippen molar-refractivity contribution in [1.29, 1.82) is 0 Å². The lowest BCUT2D eigenvalue weighted by Crippen LogP contribution is -2.43. The van der Waals surface area contributed by atoms with E-state index in [1.165, 1.54) is 0 Å². The molecule has 0 radical (unpaired) electrons. The van der Waals surface area contributed by atoms with E-state index in [1.807, 2.05) is 31.2 Å². The lowest BCUT2D eigenvalue weighted by atomic mass is 10.0. The van der Waals surface area contributed by atoms with Gasteiger partial charge in [0.15, 0.2) is 0 Å². The fourth-order valence-corrected chi connectivity index (χ4v) is 2.89. The van der Waals surface area contributed by atoms with Crippen molar-refractivity contribution in [1.82, 2.24) is 20.4 Å². The molecule has 116 valence electrons. The monoisotopic (exact) mass is 298 g/mol. The number of aromatic nitrogens is 2. The van der Waals surface area contributed by atoms with Crippen molar-refractivity contribution in [2.45, 2.75) is 25.8 Å². The first-order chi connectivity index (χ1) is 10.6. The summed E-state index contributed by atoms with van der Waals surface area (Å²) in [6, 6.07) is 8.00. The van der Waals surface area contributed by atoms with Crippen molar-refractivity contribution in [3.63, 3.8) is 0 Å². The number of benzene rings is 1. The summed E-state index contributed by atoms with van der Waals surface area (Å²) in [6.45, 7) is 4.06. The van der Waals surface area contributed by atoms with Crippen molar-refractivity contribution in [3.8, 4) is 11.1 Å². The molecule has 1 fully saturated rings. The summed E-state index contributed by atoms with van der Waals surface area (Å²) in [4.78, 5) is 14.7. The first kappa shape index (κ1) is 14.8. The third-order valence-corrected chi connectivity index (χ3v) is 4.32. The van der Waals surface area contributed by atoms with Gasteiger partial charge in [-0.1, -0.05) is 12.1 Å². The van der Waals surface area contributed by atoms with Crippen molar-refractivity contribution in [2.24, 2.45) is 0 Å². The van der Waals surface area contributed by atoms with Gasteiger partial charge in [-0.3, -0.25) is 9.89 Å². The summed E-state index contributed by atoms with van der Waals surface area (Å²) >= 11 is 0. The Labute approximate surface area is 130 Å². The number of piperidine rings is 1. The summed E-state index contributed by atoms with van der Waals surface area (Å²) in [5, 5.41) is 10.1. The predicted molar refractivity (Wildman–Crippen MR) is 86.7 cm³/mol. The quantitative estimate of drug-likeness (QED) is 0.913. The Bertz CT molecular complexity index is 656. The van der Waals surface area contributed by atoms with E-state index in [1.54, 1.807) is 6.20 Å². The third kappa shape index (κ3) is 3.20. The van der Waals surface area contributed by atoms with Gasteiger partial charge in [0.2, 0.25) is 0 Å². The van der Waals surface area contributed by atoms with Gasteiger partial charge in [-0.2, -0.15) is 5.10 Å². The van der Waals surface area contributed by atoms with Crippen molar-refractivity contribution < 1.29 is 4.79 Å². The lowest BCUT2D eigenvalue weighted by Gasteiger charge is -2.29. The maximum Gasteiger partial charge on any atom is 0.251 e. The molecule has 2 aromatic rings. The Morgan fingerprint density at radius 2 is 2.14 bits per heavy atom. The van der Waals surface area contributed by atoms with Crippen molar-refractivity contribution in [2.75, 3.05) is 20.1 Å².